The van der Waals surface area contributed by atoms with E-state index in [-0.39, 0.29) is 23.0 Å². The summed E-state index contributed by atoms with van der Waals surface area (Å²) in [6.45, 7) is 6.82. The lowest BCUT2D eigenvalue weighted by Gasteiger charge is -2.59. The molecule has 0 heterocycles. The summed E-state index contributed by atoms with van der Waals surface area (Å²) in [7, 11) is 5.52. The van der Waals surface area contributed by atoms with Crippen LogP contribution >= 0.6 is 0 Å². The zero-order chi connectivity index (χ0) is 12.6. The maximum absolute atomic E-state index is 11.7. The van der Waals surface area contributed by atoms with Crippen LogP contribution in [0, 0.1) is 5.41 Å². The number of carbonyl (C=O) groups is 1. The first kappa shape index (κ1) is 13.5. The molecule has 1 aliphatic carbocycles. The Labute approximate surface area is 98.3 Å². The van der Waals surface area contributed by atoms with E-state index in [4.69, 9.17) is 4.74 Å². The molecule has 0 aromatic heterocycles. The standard InChI is InChI=1S/C12H24N2O2/c1-11(2)9(7-12(11,3)16-6)13-10(15)8-14(4)5/h9H,7-8H2,1-6H3,(H,13,15)/t9-,12+/m1/s1. The van der Waals surface area contributed by atoms with Crippen molar-refractivity contribution in [2.24, 2.45) is 5.41 Å². The zero-order valence-corrected chi connectivity index (χ0v) is 11.3. The van der Waals surface area contributed by atoms with Gasteiger partial charge in [-0.25, -0.2) is 0 Å². The van der Waals surface area contributed by atoms with Crippen molar-refractivity contribution in [2.75, 3.05) is 27.7 Å². The fourth-order valence-corrected chi connectivity index (χ4v) is 2.25. The van der Waals surface area contributed by atoms with E-state index in [0.717, 1.165) is 6.42 Å². The maximum Gasteiger partial charge on any atom is 0.234 e. The Kier molecular flexibility index (Phi) is 3.65. The topological polar surface area (TPSA) is 41.6 Å². The first-order valence-electron chi connectivity index (χ1n) is 5.72. The molecular weight excluding hydrogens is 204 g/mol. The van der Waals surface area contributed by atoms with Gasteiger partial charge >= 0.3 is 0 Å². The first-order valence-corrected chi connectivity index (χ1v) is 5.72. The molecular formula is C12H24N2O2. The summed E-state index contributed by atoms with van der Waals surface area (Å²) in [5.74, 6) is 0.0845. The Morgan fingerprint density at radius 1 is 1.44 bits per heavy atom. The second-order valence-electron chi connectivity index (χ2n) is 5.72. The fraction of sp³-hybridized carbons (Fsp3) is 0.917. The maximum atomic E-state index is 11.7. The van der Waals surface area contributed by atoms with E-state index in [2.05, 4.69) is 26.1 Å². The monoisotopic (exact) mass is 228 g/mol. The second-order valence-corrected chi connectivity index (χ2v) is 5.72. The van der Waals surface area contributed by atoms with Crippen LogP contribution in [0.1, 0.15) is 27.2 Å². The lowest BCUT2D eigenvalue weighted by Crippen LogP contribution is -2.69. The van der Waals surface area contributed by atoms with Crippen molar-refractivity contribution in [1.82, 2.24) is 10.2 Å². The molecule has 0 radical (unpaired) electrons. The van der Waals surface area contributed by atoms with Gasteiger partial charge in [0.1, 0.15) is 0 Å². The Bertz CT molecular complexity index is 276. The minimum Gasteiger partial charge on any atom is -0.378 e. The molecule has 0 unspecified atom stereocenters. The molecule has 0 spiro atoms. The molecule has 1 rings (SSSR count). The fourth-order valence-electron chi connectivity index (χ4n) is 2.25. The number of likely N-dealkylation sites (N-methyl/N-ethyl adjacent to an activating group) is 1. The summed E-state index contributed by atoms with van der Waals surface area (Å²) < 4.78 is 5.52. The highest BCUT2D eigenvalue weighted by Gasteiger charge is 2.58. The molecule has 1 N–H and O–H groups in total. The van der Waals surface area contributed by atoms with Gasteiger partial charge in [0.25, 0.3) is 0 Å². The van der Waals surface area contributed by atoms with E-state index in [1.807, 2.05) is 19.0 Å². The predicted octanol–water partition coefficient (Wildman–Crippen LogP) is 0.868. The summed E-state index contributed by atoms with van der Waals surface area (Å²) in [6.07, 6.45) is 0.885. The number of nitrogens with zero attached hydrogens (tertiary/aromatic N) is 1. The Morgan fingerprint density at radius 2 is 2.00 bits per heavy atom. The molecule has 1 aliphatic rings. The van der Waals surface area contributed by atoms with Gasteiger partial charge in [0, 0.05) is 18.6 Å². The number of hydrogen-bond donors (Lipinski definition) is 1. The number of amides is 1. The lowest BCUT2D eigenvalue weighted by molar-refractivity contribution is -0.182. The number of carbonyl (C=O) groups excluding carboxylic acids is 1. The van der Waals surface area contributed by atoms with Crippen molar-refractivity contribution in [3.63, 3.8) is 0 Å². The highest BCUT2D eigenvalue weighted by Crippen LogP contribution is 2.51. The van der Waals surface area contributed by atoms with Crippen molar-refractivity contribution in [3.8, 4) is 0 Å². The van der Waals surface area contributed by atoms with E-state index >= 15 is 0 Å². The molecule has 16 heavy (non-hydrogen) atoms. The van der Waals surface area contributed by atoms with Crippen molar-refractivity contribution in [2.45, 2.75) is 38.8 Å². The van der Waals surface area contributed by atoms with Gasteiger partial charge in [-0.3, -0.25) is 4.79 Å². The zero-order valence-electron chi connectivity index (χ0n) is 11.3. The molecule has 94 valence electrons. The molecule has 0 saturated heterocycles. The van der Waals surface area contributed by atoms with Crippen LogP contribution in [0.3, 0.4) is 0 Å². The van der Waals surface area contributed by atoms with Gasteiger partial charge in [0.2, 0.25) is 5.91 Å². The second kappa shape index (κ2) is 4.34. The molecule has 1 fully saturated rings. The first-order chi connectivity index (χ1) is 7.23. The quantitative estimate of drug-likeness (QED) is 0.776. The average Bonchev–Trinajstić information content (AvgIpc) is 2.15. The highest BCUT2D eigenvalue weighted by molar-refractivity contribution is 5.78. The van der Waals surface area contributed by atoms with Crippen molar-refractivity contribution in [1.29, 1.82) is 0 Å². The molecule has 0 aromatic carbocycles. The lowest BCUT2D eigenvalue weighted by atomic mass is 9.56. The van der Waals surface area contributed by atoms with Crippen molar-refractivity contribution in [3.05, 3.63) is 0 Å². The van der Waals surface area contributed by atoms with Crippen LogP contribution in [0.4, 0.5) is 0 Å². The summed E-state index contributed by atoms with van der Waals surface area (Å²) >= 11 is 0. The summed E-state index contributed by atoms with van der Waals surface area (Å²) in [6, 6.07) is 0.213. The van der Waals surface area contributed by atoms with Crippen molar-refractivity contribution < 1.29 is 9.53 Å². The molecule has 0 bridgehead atoms. The molecule has 0 aromatic rings. The van der Waals surface area contributed by atoms with Gasteiger partial charge in [-0.1, -0.05) is 13.8 Å². The van der Waals surface area contributed by atoms with Gasteiger partial charge in [-0.05, 0) is 27.4 Å². The largest absolute Gasteiger partial charge is 0.378 e. The van der Waals surface area contributed by atoms with Gasteiger partial charge in [0.05, 0.1) is 12.1 Å². The number of hydrogen-bond acceptors (Lipinski definition) is 3. The molecule has 4 heteroatoms. The third-order valence-electron chi connectivity index (χ3n) is 4.07. The van der Waals surface area contributed by atoms with Gasteiger partial charge in [-0.15, -0.1) is 0 Å². The van der Waals surface area contributed by atoms with Crippen LogP contribution in [0.2, 0.25) is 0 Å². The molecule has 1 amide bonds. The van der Waals surface area contributed by atoms with E-state index in [1.165, 1.54) is 0 Å². The third kappa shape index (κ3) is 2.23. The Hall–Kier alpha value is -0.610. The minimum absolute atomic E-state index is 0.0102. The number of ether oxygens (including phenoxy) is 1. The highest BCUT2D eigenvalue weighted by atomic mass is 16.5. The number of nitrogens with one attached hydrogen (secondary N) is 1. The van der Waals surface area contributed by atoms with Gasteiger partial charge < -0.3 is 15.0 Å². The average molecular weight is 228 g/mol. The summed E-state index contributed by atoms with van der Waals surface area (Å²) in [5, 5.41) is 3.07. The van der Waals surface area contributed by atoms with Crippen LogP contribution in [0.5, 0.6) is 0 Å². The van der Waals surface area contributed by atoms with Crippen LogP contribution < -0.4 is 5.32 Å². The van der Waals surface area contributed by atoms with E-state index in [0.29, 0.717) is 6.54 Å². The SMILES string of the molecule is CO[C@@]1(C)C[C@@H](NC(=O)CN(C)C)C1(C)C. The predicted molar refractivity (Wildman–Crippen MR) is 64.3 cm³/mol. The van der Waals surface area contributed by atoms with Crippen LogP contribution in [0.15, 0.2) is 0 Å². The van der Waals surface area contributed by atoms with Crippen LogP contribution in [-0.2, 0) is 9.53 Å². The van der Waals surface area contributed by atoms with E-state index in [9.17, 15) is 4.79 Å². The van der Waals surface area contributed by atoms with E-state index in [1.54, 1.807) is 7.11 Å². The number of rotatable bonds is 4. The molecule has 4 nitrogen and oxygen atoms in total. The smallest absolute Gasteiger partial charge is 0.234 e. The van der Waals surface area contributed by atoms with Crippen LogP contribution in [-0.4, -0.2) is 50.2 Å². The van der Waals surface area contributed by atoms with Crippen molar-refractivity contribution >= 4 is 5.91 Å². The third-order valence-corrected chi connectivity index (χ3v) is 4.07. The molecule has 2 atom stereocenters. The summed E-state index contributed by atoms with van der Waals surface area (Å²) in [4.78, 5) is 13.5. The minimum atomic E-state index is -0.122. The Morgan fingerprint density at radius 3 is 2.38 bits per heavy atom. The van der Waals surface area contributed by atoms with Crippen LogP contribution in [0.25, 0.3) is 0 Å². The molecule has 0 aliphatic heterocycles. The summed E-state index contributed by atoms with van der Waals surface area (Å²) in [5.41, 5.74) is -0.132. The molecule has 1 saturated carbocycles. The van der Waals surface area contributed by atoms with Gasteiger partial charge in [0.15, 0.2) is 0 Å². The Balaban J connectivity index is 2.51. The normalized spacial score (nSPS) is 32.3. The van der Waals surface area contributed by atoms with Gasteiger partial charge in [-0.2, -0.15) is 0 Å². The number of methoxy groups -OCH3 is 1. The van der Waals surface area contributed by atoms with E-state index < -0.39 is 0 Å².